The van der Waals surface area contributed by atoms with Gasteiger partial charge in [0.2, 0.25) is 12.2 Å². The van der Waals surface area contributed by atoms with Crippen LogP contribution in [0.4, 0.5) is 21.0 Å². The lowest BCUT2D eigenvalue weighted by Crippen LogP contribution is -2.62. The van der Waals surface area contributed by atoms with Crippen LogP contribution in [0.5, 0.6) is 0 Å². The first-order chi connectivity index (χ1) is 12.6. The van der Waals surface area contributed by atoms with Gasteiger partial charge in [-0.25, -0.2) is 29.0 Å². The van der Waals surface area contributed by atoms with Crippen molar-refractivity contribution in [2.24, 2.45) is 9.98 Å². The number of isocyanates is 2. The van der Waals surface area contributed by atoms with E-state index in [2.05, 4.69) is 9.98 Å². The second kappa shape index (κ2) is 7.36. The Morgan fingerprint density at radius 3 is 1.54 bits per heavy atom. The highest BCUT2D eigenvalue weighted by atomic mass is 16.2. The monoisotopic (exact) mass is 348 g/mol. The lowest BCUT2D eigenvalue weighted by molar-refractivity contribution is 0.0996. The third kappa shape index (κ3) is 3.47. The Morgan fingerprint density at radius 2 is 1.15 bits per heavy atom. The van der Waals surface area contributed by atoms with Crippen molar-refractivity contribution in [3.05, 3.63) is 59.7 Å². The molecule has 0 spiro atoms. The van der Waals surface area contributed by atoms with Gasteiger partial charge in [0.15, 0.2) is 0 Å². The summed E-state index contributed by atoms with van der Waals surface area (Å²) in [7, 11) is 0. The normalized spacial score (nSPS) is 12.9. The Labute approximate surface area is 148 Å². The van der Waals surface area contributed by atoms with Crippen molar-refractivity contribution in [3.8, 4) is 0 Å². The maximum Gasteiger partial charge on any atom is 0.336 e. The fourth-order valence-electron chi connectivity index (χ4n) is 2.60. The van der Waals surface area contributed by atoms with Crippen molar-refractivity contribution in [3.63, 3.8) is 0 Å². The van der Waals surface area contributed by atoms with E-state index in [1.807, 2.05) is 0 Å². The Bertz CT molecular complexity index is 883. The minimum absolute atomic E-state index is 0.0891. The number of nitrogens with zero attached hydrogens (tertiary/aromatic N) is 4. The van der Waals surface area contributed by atoms with Crippen LogP contribution in [0.25, 0.3) is 0 Å². The SMILES string of the molecule is O=C=Nc1cccc(CN2C(=O)N(Cc3cccc(N=C=O)c3)C2=O)c1. The van der Waals surface area contributed by atoms with Crippen LogP contribution in [-0.2, 0) is 22.7 Å². The zero-order valence-electron chi connectivity index (χ0n) is 13.5. The van der Waals surface area contributed by atoms with Crippen molar-refractivity contribution < 1.29 is 19.2 Å². The number of benzene rings is 2. The maximum atomic E-state index is 12.3. The minimum Gasteiger partial charge on any atom is -0.247 e. The van der Waals surface area contributed by atoms with E-state index in [0.29, 0.717) is 22.5 Å². The molecular weight excluding hydrogens is 336 g/mol. The second-order valence-electron chi connectivity index (χ2n) is 5.48. The Morgan fingerprint density at radius 1 is 0.731 bits per heavy atom. The zero-order valence-corrected chi connectivity index (χ0v) is 13.5. The molecule has 2 aromatic rings. The van der Waals surface area contributed by atoms with Crippen LogP contribution >= 0.6 is 0 Å². The molecule has 0 aromatic heterocycles. The van der Waals surface area contributed by atoms with Crippen molar-refractivity contribution in [2.75, 3.05) is 0 Å². The standard InChI is InChI=1S/C18H12N4O4/c23-11-19-15-5-1-3-13(7-15)9-21-17(25)22(18(21)26)10-14-4-2-6-16(8-14)20-12-24/h1-8H,9-10H2. The first kappa shape index (κ1) is 17.0. The van der Waals surface area contributed by atoms with Crippen LogP contribution in [0.15, 0.2) is 58.5 Å². The summed E-state index contributed by atoms with van der Waals surface area (Å²) in [5, 5.41) is 0. The predicted molar refractivity (Wildman–Crippen MR) is 90.3 cm³/mol. The van der Waals surface area contributed by atoms with Gasteiger partial charge >= 0.3 is 12.1 Å². The third-order valence-corrected chi connectivity index (χ3v) is 3.78. The molecule has 2 aromatic carbocycles. The molecule has 3 rings (SSSR count). The second-order valence-corrected chi connectivity index (χ2v) is 5.48. The molecule has 1 fully saturated rings. The van der Waals surface area contributed by atoms with Crippen LogP contribution in [0, 0.1) is 0 Å². The average molecular weight is 348 g/mol. The van der Waals surface area contributed by atoms with Crippen LogP contribution in [-0.4, -0.2) is 34.0 Å². The maximum absolute atomic E-state index is 12.3. The molecule has 4 amide bonds. The number of urea groups is 2. The zero-order chi connectivity index (χ0) is 18.5. The molecule has 0 N–H and O–H groups in total. The summed E-state index contributed by atoms with van der Waals surface area (Å²) in [5.74, 6) is 0. The van der Waals surface area contributed by atoms with E-state index < -0.39 is 12.1 Å². The molecule has 0 aliphatic carbocycles. The van der Waals surface area contributed by atoms with Crippen LogP contribution in [0.3, 0.4) is 0 Å². The van der Waals surface area contributed by atoms with Gasteiger partial charge in [0.05, 0.1) is 24.5 Å². The molecule has 0 bridgehead atoms. The van der Waals surface area contributed by atoms with Gasteiger partial charge in [-0.15, -0.1) is 0 Å². The number of rotatable bonds is 6. The largest absolute Gasteiger partial charge is 0.336 e. The molecule has 1 aliphatic heterocycles. The molecule has 1 heterocycles. The summed E-state index contributed by atoms with van der Waals surface area (Å²) < 4.78 is 0. The number of hydrogen-bond acceptors (Lipinski definition) is 6. The molecule has 0 unspecified atom stereocenters. The molecule has 1 aliphatic rings. The van der Waals surface area contributed by atoms with Gasteiger partial charge in [-0.1, -0.05) is 24.3 Å². The fourth-order valence-corrected chi connectivity index (χ4v) is 2.60. The fraction of sp³-hybridized carbons (Fsp3) is 0.111. The van der Waals surface area contributed by atoms with Crippen molar-refractivity contribution in [1.82, 2.24) is 9.80 Å². The van der Waals surface area contributed by atoms with Crippen molar-refractivity contribution >= 4 is 35.6 Å². The number of imide groups is 2. The van der Waals surface area contributed by atoms with Crippen LogP contribution < -0.4 is 0 Å². The molecular formula is C18H12N4O4. The first-order valence-electron chi connectivity index (χ1n) is 7.59. The van der Waals surface area contributed by atoms with Gasteiger partial charge in [0, 0.05) is 0 Å². The first-order valence-corrected chi connectivity index (χ1v) is 7.59. The lowest BCUT2D eigenvalue weighted by Gasteiger charge is -2.39. The van der Waals surface area contributed by atoms with E-state index >= 15 is 0 Å². The molecule has 0 radical (unpaired) electrons. The van der Waals surface area contributed by atoms with Crippen LogP contribution in [0.1, 0.15) is 11.1 Å². The number of carbonyl (C=O) groups is 2. The van der Waals surface area contributed by atoms with Crippen molar-refractivity contribution in [2.45, 2.75) is 13.1 Å². The summed E-state index contributed by atoms with van der Waals surface area (Å²) in [5.41, 5.74) is 2.15. The molecule has 1 saturated heterocycles. The number of hydrogen-bond donors (Lipinski definition) is 0. The van der Waals surface area contributed by atoms with Crippen molar-refractivity contribution in [1.29, 1.82) is 0 Å². The van der Waals surface area contributed by atoms with Crippen LogP contribution in [0.2, 0.25) is 0 Å². The minimum atomic E-state index is -0.427. The van der Waals surface area contributed by atoms with Gasteiger partial charge in [0.25, 0.3) is 0 Å². The Kier molecular flexibility index (Phi) is 4.80. The highest BCUT2D eigenvalue weighted by Crippen LogP contribution is 2.24. The summed E-state index contributed by atoms with van der Waals surface area (Å²) in [4.78, 5) is 54.4. The van der Waals surface area contributed by atoms with E-state index in [0.717, 1.165) is 9.80 Å². The topological polar surface area (TPSA) is 99.5 Å². The smallest absolute Gasteiger partial charge is 0.247 e. The molecule has 128 valence electrons. The highest BCUT2D eigenvalue weighted by molar-refractivity contribution is 6.11. The Hall–Kier alpha value is -3.86. The van der Waals surface area contributed by atoms with Gasteiger partial charge in [-0.05, 0) is 35.4 Å². The van der Waals surface area contributed by atoms with Gasteiger partial charge in [-0.2, -0.15) is 9.98 Å². The van der Waals surface area contributed by atoms with E-state index in [1.54, 1.807) is 48.5 Å². The van der Waals surface area contributed by atoms with E-state index in [1.165, 1.54) is 12.2 Å². The van der Waals surface area contributed by atoms with E-state index in [-0.39, 0.29) is 13.1 Å². The molecule has 8 heteroatoms. The number of carbonyl (C=O) groups excluding carboxylic acids is 4. The van der Waals surface area contributed by atoms with E-state index in [9.17, 15) is 19.2 Å². The van der Waals surface area contributed by atoms with E-state index in [4.69, 9.17) is 0 Å². The third-order valence-electron chi connectivity index (χ3n) is 3.78. The summed E-state index contributed by atoms with van der Waals surface area (Å²) in [6.07, 6.45) is 2.89. The lowest BCUT2D eigenvalue weighted by atomic mass is 10.1. The summed E-state index contributed by atoms with van der Waals surface area (Å²) >= 11 is 0. The number of aliphatic imine (C=N–C) groups is 2. The molecule has 26 heavy (non-hydrogen) atoms. The van der Waals surface area contributed by atoms with Gasteiger partial charge in [0.1, 0.15) is 0 Å². The number of amides is 4. The van der Waals surface area contributed by atoms with Gasteiger partial charge < -0.3 is 0 Å². The molecule has 0 atom stereocenters. The molecule has 8 nitrogen and oxygen atoms in total. The van der Waals surface area contributed by atoms with Gasteiger partial charge in [-0.3, -0.25) is 0 Å². The average Bonchev–Trinajstić information content (AvgIpc) is 2.65. The molecule has 0 saturated carbocycles. The summed E-state index contributed by atoms with van der Waals surface area (Å²) in [6, 6.07) is 12.4. The quantitative estimate of drug-likeness (QED) is 0.591. The summed E-state index contributed by atoms with van der Waals surface area (Å²) in [6.45, 7) is 0.178. The highest BCUT2D eigenvalue weighted by Gasteiger charge is 2.43. The predicted octanol–water partition coefficient (Wildman–Crippen LogP) is 3.18. The Balaban J connectivity index is 1.68.